The lowest BCUT2D eigenvalue weighted by molar-refractivity contribution is -0.123. The van der Waals surface area contributed by atoms with Crippen molar-refractivity contribution in [2.24, 2.45) is 0 Å². The highest BCUT2D eigenvalue weighted by atomic mass is 16.3. The fraction of sp³-hybridized carbons (Fsp3) is 0.854. The van der Waals surface area contributed by atoms with Crippen molar-refractivity contribution in [3.8, 4) is 0 Å². The third kappa shape index (κ3) is 39.8. The van der Waals surface area contributed by atoms with E-state index in [2.05, 4.69) is 43.5 Å². The molecule has 0 spiro atoms. The van der Waals surface area contributed by atoms with E-state index < -0.39 is 12.1 Å². The molecule has 1 amide bonds. The van der Waals surface area contributed by atoms with Gasteiger partial charge in [-0.2, -0.15) is 0 Å². The van der Waals surface area contributed by atoms with Gasteiger partial charge in [0.2, 0.25) is 5.91 Å². The SMILES string of the molecule is CCC/C=C\CCCCCCCC(=O)NC(CO)C(O)/C=C/CC/C=C/CCCCCCCCCCCCCCCCCCCCCCCCCC. The molecule has 0 aromatic rings. The van der Waals surface area contributed by atoms with E-state index in [0.29, 0.717) is 6.42 Å². The maximum Gasteiger partial charge on any atom is 0.220 e. The Kier molecular flexibility index (Phi) is 42.8. The molecule has 3 N–H and O–H groups in total. The van der Waals surface area contributed by atoms with Gasteiger partial charge in [-0.3, -0.25) is 4.79 Å². The maximum absolute atomic E-state index is 12.3. The molecule has 4 heteroatoms. The van der Waals surface area contributed by atoms with E-state index in [-0.39, 0.29) is 12.5 Å². The van der Waals surface area contributed by atoms with Gasteiger partial charge in [-0.15, -0.1) is 0 Å². The molecule has 306 valence electrons. The lowest BCUT2D eigenvalue weighted by atomic mass is 10.0. The predicted octanol–water partition coefficient (Wildman–Crippen LogP) is 14.6. The first-order valence-electron chi connectivity index (χ1n) is 23.2. The molecule has 0 aliphatic rings. The summed E-state index contributed by atoms with van der Waals surface area (Å²) in [5, 5.41) is 22.9. The second kappa shape index (κ2) is 44.0. The normalized spacial score (nSPS) is 13.2. The molecule has 0 saturated carbocycles. The van der Waals surface area contributed by atoms with Gasteiger partial charge in [0.05, 0.1) is 18.8 Å². The highest BCUT2D eigenvalue weighted by Crippen LogP contribution is 2.16. The van der Waals surface area contributed by atoms with Crippen molar-refractivity contribution in [3.05, 3.63) is 36.5 Å². The molecule has 0 aromatic carbocycles. The Labute approximate surface area is 325 Å². The Morgan fingerprint density at radius 2 is 0.788 bits per heavy atom. The van der Waals surface area contributed by atoms with Gasteiger partial charge in [0.1, 0.15) is 0 Å². The Hall–Kier alpha value is -1.39. The summed E-state index contributed by atoms with van der Waals surface area (Å²) in [5.74, 6) is -0.0855. The van der Waals surface area contributed by atoms with Crippen LogP contribution in [0.1, 0.15) is 245 Å². The van der Waals surface area contributed by atoms with Crippen molar-refractivity contribution in [3.63, 3.8) is 0 Å². The van der Waals surface area contributed by atoms with Crippen molar-refractivity contribution in [2.75, 3.05) is 6.61 Å². The van der Waals surface area contributed by atoms with E-state index in [1.54, 1.807) is 6.08 Å². The molecule has 0 radical (unpaired) electrons. The van der Waals surface area contributed by atoms with Crippen LogP contribution in [0.5, 0.6) is 0 Å². The minimum atomic E-state index is -0.863. The Balaban J connectivity index is 3.48. The first-order chi connectivity index (χ1) is 25.7. The van der Waals surface area contributed by atoms with Crippen LogP contribution >= 0.6 is 0 Å². The van der Waals surface area contributed by atoms with Crippen LogP contribution in [0.3, 0.4) is 0 Å². The van der Waals surface area contributed by atoms with Crippen molar-refractivity contribution in [1.29, 1.82) is 0 Å². The second-order valence-corrected chi connectivity index (χ2v) is 15.8. The zero-order valence-electron chi connectivity index (χ0n) is 35.1. The molecule has 0 rings (SSSR count). The minimum Gasteiger partial charge on any atom is -0.394 e. The van der Waals surface area contributed by atoms with Crippen LogP contribution in [0.4, 0.5) is 0 Å². The number of aliphatic hydroxyl groups excluding tert-OH is 2. The summed E-state index contributed by atoms with van der Waals surface area (Å²) >= 11 is 0. The van der Waals surface area contributed by atoms with Crippen LogP contribution in [0, 0.1) is 0 Å². The van der Waals surface area contributed by atoms with Crippen molar-refractivity contribution >= 4 is 5.91 Å². The zero-order chi connectivity index (χ0) is 37.8. The quantitative estimate of drug-likeness (QED) is 0.0433. The van der Waals surface area contributed by atoms with Crippen LogP contribution < -0.4 is 5.32 Å². The van der Waals surface area contributed by atoms with Gasteiger partial charge in [-0.1, -0.05) is 224 Å². The molecule has 2 atom stereocenters. The number of aliphatic hydroxyl groups is 2. The number of allylic oxidation sites excluding steroid dienone is 5. The van der Waals surface area contributed by atoms with Crippen molar-refractivity contribution < 1.29 is 15.0 Å². The summed E-state index contributed by atoms with van der Waals surface area (Å²) < 4.78 is 0. The molecule has 0 fully saturated rings. The Morgan fingerprint density at radius 3 is 1.19 bits per heavy atom. The number of nitrogens with one attached hydrogen (secondary N) is 1. The van der Waals surface area contributed by atoms with Crippen LogP contribution in [0.15, 0.2) is 36.5 Å². The van der Waals surface area contributed by atoms with Gasteiger partial charge >= 0.3 is 0 Å². The monoisotopic (exact) mass is 730 g/mol. The van der Waals surface area contributed by atoms with Crippen LogP contribution in [0.2, 0.25) is 0 Å². The Morgan fingerprint density at radius 1 is 0.442 bits per heavy atom. The average molecular weight is 730 g/mol. The van der Waals surface area contributed by atoms with Crippen molar-refractivity contribution in [2.45, 2.75) is 257 Å². The number of amides is 1. The summed E-state index contributed by atoms with van der Waals surface area (Å²) in [6, 6.07) is -0.641. The Bertz CT molecular complexity index is 790. The van der Waals surface area contributed by atoms with Gasteiger partial charge in [-0.25, -0.2) is 0 Å². The molecular weight excluding hydrogens is 639 g/mol. The highest BCUT2D eigenvalue weighted by molar-refractivity contribution is 5.76. The fourth-order valence-corrected chi connectivity index (χ4v) is 7.02. The first kappa shape index (κ1) is 50.6. The number of hydrogen-bond acceptors (Lipinski definition) is 3. The third-order valence-electron chi connectivity index (χ3n) is 10.6. The lowest BCUT2D eigenvalue weighted by Crippen LogP contribution is -2.45. The number of hydrogen-bond donors (Lipinski definition) is 3. The largest absolute Gasteiger partial charge is 0.394 e. The van der Waals surface area contributed by atoms with Gasteiger partial charge in [0.25, 0.3) is 0 Å². The molecule has 0 saturated heterocycles. The van der Waals surface area contributed by atoms with E-state index in [9.17, 15) is 15.0 Å². The van der Waals surface area contributed by atoms with E-state index in [1.807, 2.05) is 6.08 Å². The predicted molar refractivity (Wildman–Crippen MR) is 230 cm³/mol. The fourth-order valence-electron chi connectivity index (χ4n) is 7.02. The van der Waals surface area contributed by atoms with E-state index in [4.69, 9.17) is 0 Å². The van der Waals surface area contributed by atoms with E-state index in [1.165, 1.54) is 180 Å². The van der Waals surface area contributed by atoms with E-state index in [0.717, 1.165) is 44.9 Å². The van der Waals surface area contributed by atoms with Crippen LogP contribution in [-0.2, 0) is 4.79 Å². The van der Waals surface area contributed by atoms with Crippen molar-refractivity contribution in [1.82, 2.24) is 5.32 Å². The van der Waals surface area contributed by atoms with E-state index >= 15 is 0 Å². The molecule has 4 nitrogen and oxygen atoms in total. The minimum absolute atomic E-state index is 0.0855. The van der Waals surface area contributed by atoms with Gasteiger partial charge in [0, 0.05) is 6.42 Å². The number of carbonyl (C=O) groups excluding carboxylic acids is 1. The molecule has 2 unspecified atom stereocenters. The average Bonchev–Trinajstić information content (AvgIpc) is 3.15. The van der Waals surface area contributed by atoms with Gasteiger partial charge in [0.15, 0.2) is 0 Å². The zero-order valence-corrected chi connectivity index (χ0v) is 35.1. The molecule has 0 aliphatic carbocycles. The number of unbranched alkanes of at least 4 members (excludes halogenated alkanes) is 31. The molecule has 0 bridgehead atoms. The molecule has 0 aliphatic heterocycles. The smallest absolute Gasteiger partial charge is 0.220 e. The van der Waals surface area contributed by atoms with Crippen LogP contribution in [0.25, 0.3) is 0 Å². The summed E-state index contributed by atoms with van der Waals surface area (Å²) in [5.41, 5.74) is 0. The summed E-state index contributed by atoms with van der Waals surface area (Å²) in [6.45, 7) is 4.24. The lowest BCUT2D eigenvalue weighted by Gasteiger charge is -2.19. The van der Waals surface area contributed by atoms with Gasteiger partial charge in [-0.05, 0) is 51.4 Å². The highest BCUT2D eigenvalue weighted by Gasteiger charge is 2.17. The first-order valence-corrected chi connectivity index (χ1v) is 23.2. The van der Waals surface area contributed by atoms with Crippen LogP contribution in [-0.4, -0.2) is 34.9 Å². The number of carbonyl (C=O) groups is 1. The maximum atomic E-state index is 12.3. The molecule has 0 aromatic heterocycles. The molecule has 0 heterocycles. The summed E-state index contributed by atoms with van der Waals surface area (Å²) in [7, 11) is 0. The van der Waals surface area contributed by atoms with Gasteiger partial charge < -0.3 is 15.5 Å². The standard InChI is InChI=1S/C48H91NO3/c1-3-5-7-9-11-13-15-16-17-18-19-20-21-22-23-24-25-26-27-28-29-30-31-32-33-34-35-37-39-41-43-47(51)46(45-50)49-48(52)44-42-40-38-36-14-12-10-8-6-4-2/h8,10,34-35,41,43,46-47,50-51H,3-7,9,11-33,36-40,42,44-45H2,1-2H3,(H,49,52)/b10-8-,35-34+,43-41+. The summed E-state index contributed by atoms with van der Waals surface area (Å²) in [6.07, 6.45) is 58.6. The second-order valence-electron chi connectivity index (χ2n) is 15.8. The number of rotatable bonds is 42. The molecule has 52 heavy (non-hydrogen) atoms. The molecular formula is C48H91NO3. The topological polar surface area (TPSA) is 69.6 Å². The summed E-state index contributed by atoms with van der Waals surface area (Å²) in [4.78, 5) is 12.3. The third-order valence-corrected chi connectivity index (χ3v) is 10.6.